The van der Waals surface area contributed by atoms with Crippen molar-refractivity contribution in [2.75, 3.05) is 50.1 Å². The van der Waals surface area contributed by atoms with Gasteiger partial charge in [0.25, 0.3) is 17.7 Å². The number of aromatic nitrogens is 4. The summed E-state index contributed by atoms with van der Waals surface area (Å²) in [6, 6.07) is 25.0. The second-order valence-corrected chi connectivity index (χ2v) is 24.3. The Hall–Kier alpha value is -7.77. The van der Waals surface area contributed by atoms with Gasteiger partial charge in [-0.3, -0.25) is 34.1 Å². The number of nitrogens with zero attached hydrogens (tertiary/aromatic N) is 7. The van der Waals surface area contributed by atoms with Crippen molar-refractivity contribution in [1.82, 2.24) is 34.9 Å². The van der Waals surface area contributed by atoms with Crippen LogP contribution in [0.5, 0.6) is 0 Å². The Morgan fingerprint density at radius 2 is 1.59 bits per heavy atom. The minimum atomic E-state index is -1.13. The summed E-state index contributed by atoms with van der Waals surface area (Å²) in [4.78, 5) is 89.5. The maximum atomic E-state index is 13.7. The molecule has 410 valence electrons. The van der Waals surface area contributed by atoms with Crippen molar-refractivity contribution in [1.29, 1.82) is 0 Å². The van der Waals surface area contributed by atoms with Crippen LogP contribution in [0, 0.1) is 23.2 Å². The summed E-state index contributed by atoms with van der Waals surface area (Å²) in [5.41, 5.74) is 6.92. The predicted octanol–water partition coefficient (Wildman–Crippen LogP) is 8.75. The summed E-state index contributed by atoms with van der Waals surface area (Å²) in [5.74, 6) is -2.22. The lowest BCUT2D eigenvalue weighted by Gasteiger charge is -2.69. The number of hydrogen-bond donors (Lipinski definition) is 3. The maximum absolute atomic E-state index is 13.7. The Bertz CT molecular complexity index is 3370. The predicted molar refractivity (Wildman–Crippen MR) is 297 cm³/mol. The molecule has 0 saturated heterocycles. The molecule has 19 heteroatoms. The Morgan fingerprint density at radius 3 is 2.34 bits per heavy atom. The van der Waals surface area contributed by atoms with Gasteiger partial charge in [0.15, 0.2) is 10.8 Å². The number of fused-ring (bicyclic) bond motifs is 2. The van der Waals surface area contributed by atoms with Gasteiger partial charge in [-0.1, -0.05) is 73.7 Å². The third-order valence-corrected chi connectivity index (χ3v) is 17.6. The van der Waals surface area contributed by atoms with Crippen LogP contribution in [0.1, 0.15) is 108 Å². The standard InChI is InChI=1S/C60H65N9O9S/c1-38-44(42-18-19-48(64-52(42)54(74)75)67-24-22-41-10-7-11-43(45(41)28-67)53(73)65-55-63-46-12-5-6-13-47(46)79-55)27-62-69(38)37-59-32-57(2)31-58(3,33-59)35-60(34-57,36-59)78-26-25-66(4)56(76)77-30-40-16-14-39(15-17-40)9-8-23-61-49(70)29-68-50(71)20-21-51(68)72/h5-7,10-21,27H,8-9,22-26,28-37H2,1-4H3,(H,61,70)(H,74,75)(H,63,65,73). The molecule has 4 saturated carbocycles. The quantitative estimate of drug-likeness (QED) is 0.0511. The zero-order chi connectivity index (χ0) is 55.3. The number of rotatable bonds is 19. The molecule has 5 amide bonds. The third kappa shape index (κ3) is 11.2. The molecule has 18 nitrogen and oxygen atoms in total. The Morgan fingerprint density at radius 1 is 0.848 bits per heavy atom. The van der Waals surface area contributed by atoms with Gasteiger partial charge in [-0.05, 0) is 134 Å². The van der Waals surface area contributed by atoms with Crippen molar-refractivity contribution in [3.05, 3.63) is 136 Å². The first-order valence-electron chi connectivity index (χ1n) is 27.1. The van der Waals surface area contributed by atoms with E-state index in [1.54, 1.807) is 18.1 Å². The van der Waals surface area contributed by atoms with Crippen LogP contribution in [0.4, 0.5) is 15.7 Å². The van der Waals surface area contributed by atoms with Crippen LogP contribution < -0.4 is 15.5 Å². The molecule has 2 unspecified atom stereocenters. The number of nitrogens with one attached hydrogen (secondary N) is 2. The SMILES string of the molecule is Cc1c(-c2ccc(N3CCc4cccc(C(=O)Nc5nc6ccccc6s5)c4C3)nc2C(=O)O)cnn1CC12CC3(C)CC(C)(C1)CC(OCCN(C)C(=O)OCc1ccc(CCCNC(=O)CN4C(=O)C=CC4=O)cc1)(C3)C2. The number of amides is 5. The Kier molecular flexibility index (Phi) is 14.2. The van der Waals surface area contributed by atoms with Crippen molar-refractivity contribution in [3.63, 3.8) is 0 Å². The highest BCUT2D eigenvalue weighted by molar-refractivity contribution is 7.22. The lowest BCUT2D eigenvalue weighted by Crippen LogP contribution is -2.64. The number of aryl methyl sites for hydroxylation is 1. The van der Waals surface area contributed by atoms with Crippen molar-refractivity contribution < 1.29 is 43.3 Å². The molecule has 2 aliphatic heterocycles. The number of hydrogen-bond acceptors (Lipinski definition) is 13. The van der Waals surface area contributed by atoms with Gasteiger partial charge in [0.05, 0.1) is 28.6 Å². The molecule has 5 heterocycles. The molecule has 4 fully saturated rings. The second-order valence-electron chi connectivity index (χ2n) is 23.3. The van der Waals surface area contributed by atoms with E-state index < -0.39 is 23.9 Å². The van der Waals surface area contributed by atoms with Crippen molar-refractivity contribution in [2.24, 2.45) is 16.2 Å². The number of para-hydroxylation sites is 1. The minimum Gasteiger partial charge on any atom is -0.476 e. The number of carboxylic acids is 1. The Balaban J connectivity index is 0.692. The van der Waals surface area contributed by atoms with E-state index >= 15 is 0 Å². The number of thiazole rings is 1. The molecule has 0 radical (unpaired) electrons. The molecule has 4 aliphatic carbocycles. The first-order chi connectivity index (χ1) is 37.9. The maximum Gasteiger partial charge on any atom is 0.409 e. The fourth-order valence-electron chi connectivity index (χ4n) is 14.3. The molecule has 6 aliphatic rings. The molecule has 3 N–H and O–H groups in total. The van der Waals surface area contributed by atoms with Crippen LogP contribution in [0.25, 0.3) is 21.3 Å². The summed E-state index contributed by atoms with van der Waals surface area (Å²) in [6.07, 6.45) is 11.6. The number of carbonyl (C=O) groups excluding carboxylic acids is 5. The lowest BCUT2D eigenvalue weighted by molar-refractivity contribution is -0.248. The smallest absolute Gasteiger partial charge is 0.409 e. The van der Waals surface area contributed by atoms with Gasteiger partial charge in [-0.25, -0.2) is 19.6 Å². The number of pyridine rings is 1. The van der Waals surface area contributed by atoms with Crippen LogP contribution >= 0.6 is 11.3 Å². The number of carbonyl (C=O) groups is 6. The number of aromatic carboxylic acids is 1. The molecular formula is C60H65N9O9S. The molecule has 2 atom stereocenters. The summed E-state index contributed by atoms with van der Waals surface area (Å²) in [7, 11) is 1.73. The van der Waals surface area contributed by atoms with Crippen LogP contribution in [-0.4, -0.2) is 116 Å². The fourth-order valence-corrected chi connectivity index (χ4v) is 15.1. The fraction of sp³-hybridized carbons (Fsp3) is 0.417. The normalized spacial score (nSPS) is 22.8. The van der Waals surface area contributed by atoms with E-state index in [-0.39, 0.29) is 52.5 Å². The van der Waals surface area contributed by atoms with Gasteiger partial charge in [0, 0.05) is 74.3 Å². The topological polar surface area (TPSA) is 218 Å². The third-order valence-electron chi connectivity index (χ3n) is 16.7. The molecule has 4 bridgehead atoms. The zero-order valence-electron chi connectivity index (χ0n) is 45.0. The van der Waals surface area contributed by atoms with Crippen LogP contribution in [0.2, 0.25) is 0 Å². The number of benzene rings is 3. The lowest BCUT2D eigenvalue weighted by atomic mass is 9.39. The Labute approximate surface area is 462 Å². The number of ether oxygens (including phenoxy) is 2. The van der Waals surface area contributed by atoms with Gasteiger partial charge >= 0.3 is 12.1 Å². The van der Waals surface area contributed by atoms with E-state index in [0.29, 0.717) is 80.7 Å². The number of anilines is 2. The highest BCUT2D eigenvalue weighted by Gasteiger charge is 2.66. The van der Waals surface area contributed by atoms with Crippen molar-refractivity contribution >= 4 is 68.2 Å². The monoisotopic (exact) mass is 1090 g/mol. The molecule has 79 heavy (non-hydrogen) atoms. The van der Waals surface area contributed by atoms with E-state index in [9.17, 15) is 33.9 Å². The molecule has 3 aromatic heterocycles. The second kappa shape index (κ2) is 21.1. The van der Waals surface area contributed by atoms with Crippen LogP contribution in [0.3, 0.4) is 0 Å². The number of likely N-dealkylation sites (N-methyl/N-ethyl adjacent to an activating group) is 1. The summed E-state index contributed by atoms with van der Waals surface area (Å²) in [6.45, 7) is 9.41. The highest BCUT2D eigenvalue weighted by atomic mass is 32.1. The molecule has 6 aromatic rings. The first-order valence-corrected chi connectivity index (χ1v) is 27.9. The van der Waals surface area contributed by atoms with Crippen molar-refractivity contribution in [2.45, 2.75) is 104 Å². The molecule has 12 rings (SSSR count). The van der Waals surface area contributed by atoms with E-state index in [1.165, 1.54) is 11.3 Å². The van der Waals surface area contributed by atoms with E-state index in [2.05, 4.69) is 34.1 Å². The average molecular weight is 1090 g/mol. The van der Waals surface area contributed by atoms with E-state index in [1.807, 2.05) is 90.7 Å². The average Bonchev–Trinajstić information content (AvgIpc) is 3.64. The molecule has 0 spiro atoms. The van der Waals surface area contributed by atoms with Gasteiger partial charge < -0.3 is 29.7 Å². The van der Waals surface area contributed by atoms with Gasteiger partial charge in [-0.2, -0.15) is 5.10 Å². The summed E-state index contributed by atoms with van der Waals surface area (Å²) < 4.78 is 15.7. The summed E-state index contributed by atoms with van der Waals surface area (Å²) in [5, 5.41) is 21.9. The minimum absolute atomic E-state index is 0.0546. The van der Waals surface area contributed by atoms with Crippen LogP contribution in [0.15, 0.2) is 97.2 Å². The highest BCUT2D eigenvalue weighted by Crippen LogP contribution is 2.72. The zero-order valence-corrected chi connectivity index (χ0v) is 45.8. The molecular weight excluding hydrogens is 1020 g/mol. The van der Waals surface area contributed by atoms with E-state index in [0.717, 1.165) is 99.3 Å². The van der Waals surface area contributed by atoms with Gasteiger partial charge in [-0.15, -0.1) is 0 Å². The van der Waals surface area contributed by atoms with Crippen molar-refractivity contribution in [3.8, 4) is 11.1 Å². The largest absolute Gasteiger partial charge is 0.476 e. The summed E-state index contributed by atoms with van der Waals surface area (Å²) >= 11 is 1.43. The van der Waals surface area contributed by atoms with E-state index in [4.69, 9.17) is 19.6 Å². The van der Waals surface area contributed by atoms with Gasteiger partial charge in [0.2, 0.25) is 5.91 Å². The molecule has 3 aromatic carbocycles. The number of imide groups is 1. The number of carboxylic acid groups (broad SMARTS) is 1. The van der Waals surface area contributed by atoms with Gasteiger partial charge in [0.1, 0.15) is 19.0 Å². The first kappa shape index (κ1) is 53.2. The van der Waals surface area contributed by atoms with Crippen LogP contribution in [-0.2, 0) is 56.4 Å².